The molecule has 4 atom stereocenters. The smallest absolute Gasteiger partial charge is 0.235 e. The van der Waals surface area contributed by atoms with Crippen LogP contribution in [-0.4, -0.2) is 25.4 Å². The second kappa shape index (κ2) is 3.34. The number of aliphatic hydroxyl groups excluding tert-OH is 1. The van der Waals surface area contributed by atoms with Crippen molar-refractivity contribution in [1.82, 2.24) is 0 Å². The lowest BCUT2D eigenvalue weighted by molar-refractivity contribution is -0.113. The molecule has 0 aromatic rings. The predicted octanol–water partition coefficient (Wildman–Crippen LogP) is 1.60. The molecule has 0 saturated heterocycles. The molecular weight excluding hydrogens is 236 g/mol. The average molecular weight is 253 g/mol. The molecule has 5 heteroatoms. The lowest BCUT2D eigenvalue weighted by Crippen LogP contribution is -2.59. The zero-order chi connectivity index (χ0) is 11.4. The number of hydrogen-bond acceptors (Lipinski definition) is 3. The fraction of sp³-hybridized carbons (Fsp3) is 1.00. The molecule has 0 amide bonds. The van der Waals surface area contributed by atoms with Crippen LogP contribution in [0.3, 0.4) is 0 Å². The van der Waals surface area contributed by atoms with Crippen molar-refractivity contribution in [3.63, 3.8) is 0 Å². The van der Waals surface area contributed by atoms with Gasteiger partial charge in [-0.25, -0.2) is 8.42 Å². The third kappa shape index (κ3) is 1.61. The van der Waals surface area contributed by atoms with Crippen LogP contribution in [0.4, 0.5) is 0 Å². The quantitative estimate of drug-likeness (QED) is 0.760. The third-order valence-electron chi connectivity index (χ3n) is 4.63. The van der Waals surface area contributed by atoms with Crippen molar-refractivity contribution in [2.24, 2.45) is 23.2 Å². The molecule has 0 aromatic carbocycles. The predicted molar refractivity (Wildman–Crippen MR) is 59.1 cm³/mol. The molecule has 0 unspecified atom stereocenters. The van der Waals surface area contributed by atoms with Gasteiger partial charge < -0.3 is 5.11 Å². The van der Waals surface area contributed by atoms with Gasteiger partial charge >= 0.3 is 0 Å². The van der Waals surface area contributed by atoms with Gasteiger partial charge in [0.15, 0.2) is 0 Å². The van der Waals surface area contributed by atoms with Crippen molar-refractivity contribution in [2.75, 3.05) is 6.61 Å². The standard InChI is InChI=1S/C10H17ClO3S/c1-10(2)6-3-8(10)7(5-12)9(4-6)15(11,13)14/h6-9,12H,3-5H2,1-2H3/t6-,7+,8+,9+/m1/s1. The van der Waals surface area contributed by atoms with Crippen LogP contribution >= 0.6 is 10.7 Å². The summed E-state index contributed by atoms with van der Waals surface area (Å²) < 4.78 is 22.8. The van der Waals surface area contributed by atoms with Crippen LogP contribution < -0.4 is 0 Å². The van der Waals surface area contributed by atoms with E-state index in [1.165, 1.54) is 0 Å². The van der Waals surface area contributed by atoms with Crippen molar-refractivity contribution in [3.8, 4) is 0 Å². The fourth-order valence-corrected chi connectivity index (χ4v) is 5.24. The highest BCUT2D eigenvalue weighted by molar-refractivity contribution is 8.14. The highest BCUT2D eigenvalue weighted by Gasteiger charge is 2.59. The molecule has 0 spiro atoms. The molecule has 3 rings (SSSR count). The Kier molecular flexibility index (Phi) is 2.60. The lowest BCUT2D eigenvalue weighted by atomic mass is 9.45. The van der Waals surface area contributed by atoms with E-state index in [2.05, 4.69) is 13.8 Å². The van der Waals surface area contributed by atoms with Gasteiger partial charge in [-0.1, -0.05) is 13.8 Å². The lowest BCUT2D eigenvalue weighted by Gasteiger charge is -2.61. The summed E-state index contributed by atoms with van der Waals surface area (Å²) in [6, 6.07) is 0. The van der Waals surface area contributed by atoms with E-state index in [9.17, 15) is 13.5 Å². The van der Waals surface area contributed by atoms with Crippen LogP contribution in [0.15, 0.2) is 0 Å². The molecule has 1 N–H and O–H groups in total. The fourth-order valence-electron chi connectivity index (χ4n) is 3.47. The summed E-state index contributed by atoms with van der Waals surface area (Å²) in [4.78, 5) is 0. The Labute approximate surface area is 95.2 Å². The molecule has 3 aliphatic rings. The topological polar surface area (TPSA) is 54.4 Å². The first-order valence-corrected chi connectivity index (χ1v) is 7.70. The van der Waals surface area contributed by atoms with Crippen LogP contribution in [0, 0.1) is 23.2 Å². The minimum Gasteiger partial charge on any atom is -0.396 e. The van der Waals surface area contributed by atoms with E-state index in [0.717, 1.165) is 6.42 Å². The Hall–Kier alpha value is 0.200. The molecule has 0 radical (unpaired) electrons. The van der Waals surface area contributed by atoms with E-state index in [4.69, 9.17) is 10.7 Å². The average Bonchev–Trinajstić information content (AvgIpc) is 2.14. The summed E-state index contributed by atoms with van der Waals surface area (Å²) >= 11 is 0. The van der Waals surface area contributed by atoms with E-state index in [0.29, 0.717) is 18.3 Å². The maximum absolute atomic E-state index is 11.4. The summed E-state index contributed by atoms with van der Waals surface area (Å²) in [5.41, 5.74) is 0.172. The van der Waals surface area contributed by atoms with Crippen molar-refractivity contribution >= 4 is 19.7 Å². The van der Waals surface area contributed by atoms with Crippen LogP contribution in [-0.2, 0) is 9.05 Å². The Morgan fingerprint density at radius 3 is 2.40 bits per heavy atom. The van der Waals surface area contributed by atoms with Gasteiger partial charge in [0, 0.05) is 23.2 Å². The molecule has 2 bridgehead atoms. The highest BCUT2D eigenvalue weighted by Crippen LogP contribution is 2.62. The second-order valence-electron chi connectivity index (χ2n) is 5.46. The first-order chi connectivity index (χ1) is 6.78. The van der Waals surface area contributed by atoms with Gasteiger partial charge in [0.2, 0.25) is 9.05 Å². The zero-order valence-corrected chi connectivity index (χ0v) is 10.6. The highest BCUT2D eigenvalue weighted by atomic mass is 35.7. The molecular formula is C10H17ClO3S. The van der Waals surface area contributed by atoms with Crippen LogP contribution in [0.25, 0.3) is 0 Å². The van der Waals surface area contributed by atoms with Gasteiger partial charge in [-0.2, -0.15) is 0 Å². The van der Waals surface area contributed by atoms with Crippen molar-refractivity contribution in [2.45, 2.75) is 31.9 Å². The Morgan fingerprint density at radius 2 is 2.00 bits per heavy atom. The number of rotatable bonds is 2. The summed E-state index contributed by atoms with van der Waals surface area (Å²) in [5, 5.41) is 8.79. The molecule has 88 valence electrons. The zero-order valence-electron chi connectivity index (χ0n) is 8.98. The Balaban J connectivity index is 2.27. The number of aliphatic hydroxyl groups is 1. The van der Waals surface area contributed by atoms with Crippen molar-refractivity contribution in [3.05, 3.63) is 0 Å². The van der Waals surface area contributed by atoms with Gasteiger partial charge in [-0.05, 0) is 30.1 Å². The molecule has 3 aliphatic carbocycles. The normalized spacial score (nSPS) is 43.5. The summed E-state index contributed by atoms with van der Waals surface area (Å²) in [7, 11) is 1.90. The Morgan fingerprint density at radius 1 is 1.40 bits per heavy atom. The summed E-state index contributed by atoms with van der Waals surface area (Å²) in [6.07, 6.45) is 1.65. The van der Waals surface area contributed by atoms with Crippen LogP contribution in [0.5, 0.6) is 0 Å². The molecule has 3 nitrogen and oxygen atoms in total. The van der Waals surface area contributed by atoms with E-state index in [1.807, 2.05) is 0 Å². The first kappa shape index (κ1) is 11.7. The van der Waals surface area contributed by atoms with Crippen molar-refractivity contribution < 1.29 is 13.5 Å². The van der Waals surface area contributed by atoms with Crippen molar-refractivity contribution in [1.29, 1.82) is 0 Å². The van der Waals surface area contributed by atoms with Gasteiger partial charge in [-0.3, -0.25) is 0 Å². The van der Waals surface area contributed by atoms with Gasteiger partial charge in [-0.15, -0.1) is 0 Å². The monoisotopic (exact) mass is 252 g/mol. The molecule has 3 saturated carbocycles. The van der Waals surface area contributed by atoms with Gasteiger partial charge in [0.1, 0.15) is 0 Å². The minimum absolute atomic E-state index is 0.0720. The minimum atomic E-state index is -3.53. The largest absolute Gasteiger partial charge is 0.396 e. The van der Waals surface area contributed by atoms with E-state index >= 15 is 0 Å². The first-order valence-electron chi connectivity index (χ1n) is 5.32. The molecule has 0 aliphatic heterocycles. The van der Waals surface area contributed by atoms with E-state index in [-0.39, 0.29) is 17.9 Å². The maximum Gasteiger partial charge on any atom is 0.235 e. The van der Waals surface area contributed by atoms with E-state index < -0.39 is 14.3 Å². The third-order valence-corrected chi connectivity index (χ3v) is 6.58. The second-order valence-corrected chi connectivity index (χ2v) is 8.30. The molecule has 3 fully saturated rings. The van der Waals surface area contributed by atoms with Gasteiger partial charge in [0.05, 0.1) is 5.25 Å². The summed E-state index contributed by atoms with van der Waals surface area (Å²) in [6.45, 7) is 4.24. The van der Waals surface area contributed by atoms with Gasteiger partial charge in [0.25, 0.3) is 0 Å². The number of hydrogen-bond donors (Lipinski definition) is 1. The molecule has 0 aromatic heterocycles. The number of fused-ring (bicyclic) bond motifs is 2. The summed E-state index contributed by atoms with van der Waals surface area (Å²) in [5.74, 6) is 0.580. The SMILES string of the molecule is CC1(C)[C@@H]2C[C@H]1[C@H](CO)[C@@H](S(=O)(=O)Cl)C2. The molecule has 15 heavy (non-hydrogen) atoms. The molecule has 0 heterocycles. The van der Waals surface area contributed by atoms with Crippen LogP contribution in [0.1, 0.15) is 26.7 Å². The Bertz CT molecular complexity index is 363. The number of halogens is 1. The van der Waals surface area contributed by atoms with Crippen LogP contribution in [0.2, 0.25) is 0 Å². The van der Waals surface area contributed by atoms with E-state index in [1.54, 1.807) is 0 Å². The maximum atomic E-state index is 11.4.